The molecule has 1 heterocycles. The van der Waals surface area contributed by atoms with Crippen LogP contribution in [0.2, 0.25) is 0 Å². The van der Waals surface area contributed by atoms with Crippen molar-refractivity contribution in [3.63, 3.8) is 0 Å². The van der Waals surface area contributed by atoms with E-state index in [1.807, 2.05) is 27.7 Å². The summed E-state index contributed by atoms with van der Waals surface area (Å²) >= 11 is 1.49. The first-order valence-corrected chi connectivity index (χ1v) is 8.55. The predicted molar refractivity (Wildman–Crippen MR) is 76.4 cm³/mol. The Labute approximate surface area is 114 Å². The Morgan fingerprint density at radius 3 is 2.56 bits per heavy atom. The lowest BCUT2D eigenvalue weighted by atomic mass is 10.4. The van der Waals surface area contributed by atoms with Crippen LogP contribution in [0.25, 0.3) is 0 Å². The fraction of sp³-hybridized carbons (Fsp3) is 0.667. The molecule has 4 nitrogen and oxygen atoms in total. The SMILES string of the molecule is CCNCc1cc(S(=O)(=O)N(CC)C(C)C)cs1. The normalized spacial score (nSPS) is 12.6. The first-order valence-electron chi connectivity index (χ1n) is 6.23. The maximum absolute atomic E-state index is 12.4. The van der Waals surface area contributed by atoms with Gasteiger partial charge in [0.05, 0.1) is 4.90 Å². The highest BCUT2D eigenvalue weighted by Gasteiger charge is 2.26. The highest BCUT2D eigenvalue weighted by atomic mass is 32.2. The number of nitrogens with one attached hydrogen (secondary N) is 1. The van der Waals surface area contributed by atoms with Gasteiger partial charge in [-0.05, 0) is 26.5 Å². The summed E-state index contributed by atoms with van der Waals surface area (Å²) in [7, 11) is -3.34. The van der Waals surface area contributed by atoms with Gasteiger partial charge in [-0.1, -0.05) is 13.8 Å². The van der Waals surface area contributed by atoms with E-state index in [1.54, 1.807) is 11.4 Å². The van der Waals surface area contributed by atoms with Gasteiger partial charge in [0.15, 0.2) is 0 Å². The molecule has 0 fully saturated rings. The first-order chi connectivity index (χ1) is 8.43. The second kappa shape index (κ2) is 6.65. The van der Waals surface area contributed by atoms with Crippen LogP contribution in [0.5, 0.6) is 0 Å². The zero-order valence-electron chi connectivity index (χ0n) is 11.4. The fourth-order valence-electron chi connectivity index (χ4n) is 1.78. The lowest BCUT2D eigenvalue weighted by molar-refractivity contribution is 0.369. The summed E-state index contributed by atoms with van der Waals surface area (Å²) in [6.07, 6.45) is 0. The molecule has 0 radical (unpaired) electrons. The van der Waals surface area contributed by atoms with E-state index in [4.69, 9.17) is 0 Å². The van der Waals surface area contributed by atoms with Crippen molar-refractivity contribution in [1.82, 2.24) is 9.62 Å². The highest BCUT2D eigenvalue weighted by molar-refractivity contribution is 7.89. The average molecular weight is 290 g/mol. The van der Waals surface area contributed by atoms with E-state index in [0.29, 0.717) is 11.4 Å². The Kier molecular flexibility index (Phi) is 5.78. The third-order valence-corrected chi connectivity index (χ3v) is 5.89. The van der Waals surface area contributed by atoms with Gasteiger partial charge in [0.25, 0.3) is 0 Å². The third kappa shape index (κ3) is 3.54. The second-order valence-corrected chi connectivity index (χ2v) is 7.22. The predicted octanol–water partition coefficient (Wildman–Crippen LogP) is 2.28. The van der Waals surface area contributed by atoms with Crippen LogP contribution in [-0.4, -0.2) is 31.9 Å². The van der Waals surface area contributed by atoms with Gasteiger partial charge in [-0.3, -0.25) is 0 Å². The van der Waals surface area contributed by atoms with Crippen LogP contribution in [0.15, 0.2) is 16.3 Å². The lowest BCUT2D eigenvalue weighted by Crippen LogP contribution is -2.36. The number of hydrogen-bond acceptors (Lipinski definition) is 4. The summed E-state index contributed by atoms with van der Waals surface area (Å²) in [5, 5.41) is 4.93. The Bertz CT molecular complexity index is 466. The van der Waals surface area contributed by atoms with Gasteiger partial charge in [0.2, 0.25) is 10.0 Å². The monoisotopic (exact) mass is 290 g/mol. The summed E-state index contributed by atoms with van der Waals surface area (Å²) in [6.45, 7) is 9.79. The first kappa shape index (κ1) is 15.6. The van der Waals surface area contributed by atoms with Crippen molar-refractivity contribution in [2.75, 3.05) is 13.1 Å². The van der Waals surface area contributed by atoms with E-state index >= 15 is 0 Å². The largest absolute Gasteiger partial charge is 0.312 e. The van der Waals surface area contributed by atoms with E-state index in [2.05, 4.69) is 5.32 Å². The van der Waals surface area contributed by atoms with Crippen LogP contribution in [0.1, 0.15) is 32.6 Å². The Morgan fingerprint density at radius 2 is 2.06 bits per heavy atom. The molecule has 18 heavy (non-hydrogen) atoms. The van der Waals surface area contributed by atoms with Gasteiger partial charge in [-0.25, -0.2) is 8.42 Å². The molecule has 1 aromatic rings. The van der Waals surface area contributed by atoms with Gasteiger partial charge in [-0.2, -0.15) is 4.31 Å². The molecule has 104 valence electrons. The van der Waals surface area contributed by atoms with E-state index < -0.39 is 10.0 Å². The van der Waals surface area contributed by atoms with E-state index in [1.165, 1.54) is 15.6 Å². The molecule has 0 aliphatic carbocycles. The topological polar surface area (TPSA) is 49.4 Å². The number of hydrogen-bond donors (Lipinski definition) is 1. The zero-order chi connectivity index (χ0) is 13.8. The van der Waals surface area contributed by atoms with Gasteiger partial charge >= 0.3 is 0 Å². The molecule has 0 saturated heterocycles. The van der Waals surface area contributed by atoms with Crippen LogP contribution in [0.3, 0.4) is 0 Å². The van der Waals surface area contributed by atoms with Crippen molar-refractivity contribution in [2.24, 2.45) is 0 Å². The molecule has 1 N–H and O–H groups in total. The molecule has 1 rings (SSSR count). The molecule has 0 amide bonds. The number of nitrogens with zero attached hydrogens (tertiary/aromatic N) is 1. The van der Waals surface area contributed by atoms with Gasteiger partial charge in [-0.15, -0.1) is 11.3 Å². The quantitative estimate of drug-likeness (QED) is 0.838. The number of thiophene rings is 1. The maximum Gasteiger partial charge on any atom is 0.244 e. The summed E-state index contributed by atoms with van der Waals surface area (Å²) in [6, 6.07) is 1.75. The van der Waals surface area contributed by atoms with Crippen molar-refractivity contribution in [2.45, 2.75) is 45.2 Å². The standard InChI is InChI=1S/C12H22N2O2S2/c1-5-13-8-11-7-12(9-17-11)18(15,16)14(6-2)10(3)4/h7,9-10,13H,5-6,8H2,1-4H3. The zero-order valence-corrected chi connectivity index (χ0v) is 13.1. The van der Waals surface area contributed by atoms with E-state index in [-0.39, 0.29) is 6.04 Å². The molecule has 0 spiro atoms. The van der Waals surface area contributed by atoms with Crippen LogP contribution < -0.4 is 5.32 Å². The summed E-state index contributed by atoms with van der Waals surface area (Å²) in [5.41, 5.74) is 0. The molecule has 0 aromatic carbocycles. The number of rotatable bonds is 7. The molecule has 0 atom stereocenters. The molecule has 0 saturated carbocycles. The Morgan fingerprint density at radius 1 is 1.39 bits per heavy atom. The van der Waals surface area contributed by atoms with Crippen molar-refractivity contribution in [3.05, 3.63) is 16.3 Å². The molecular formula is C12H22N2O2S2. The van der Waals surface area contributed by atoms with Crippen LogP contribution in [0, 0.1) is 0 Å². The van der Waals surface area contributed by atoms with Crippen molar-refractivity contribution in [3.8, 4) is 0 Å². The minimum atomic E-state index is -3.34. The van der Waals surface area contributed by atoms with Crippen LogP contribution in [-0.2, 0) is 16.6 Å². The Balaban J connectivity index is 2.94. The summed E-state index contributed by atoms with van der Waals surface area (Å²) in [4.78, 5) is 1.46. The van der Waals surface area contributed by atoms with Gasteiger partial charge in [0, 0.05) is 29.4 Å². The maximum atomic E-state index is 12.4. The minimum Gasteiger partial charge on any atom is -0.312 e. The van der Waals surface area contributed by atoms with E-state index in [0.717, 1.165) is 18.0 Å². The summed E-state index contributed by atoms with van der Waals surface area (Å²) < 4.78 is 26.3. The second-order valence-electron chi connectivity index (χ2n) is 4.33. The molecular weight excluding hydrogens is 268 g/mol. The minimum absolute atomic E-state index is 0.0166. The molecule has 0 bridgehead atoms. The van der Waals surface area contributed by atoms with Crippen LogP contribution in [0.4, 0.5) is 0 Å². The van der Waals surface area contributed by atoms with Crippen molar-refractivity contribution < 1.29 is 8.42 Å². The smallest absolute Gasteiger partial charge is 0.244 e. The lowest BCUT2D eigenvalue weighted by Gasteiger charge is -2.23. The molecule has 1 aromatic heterocycles. The molecule has 6 heteroatoms. The highest BCUT2D eigenvalue weighted by Crippen LogP contribution is 2.23. The fourth-order valence-corrected chi connectivity index (χ4v) is 4.66. The van der Waals surface area contributed by atoms with Crippen LogP contribution >= 0.6 is 11.3 Å². The van der Waals surface area contributed by atoms with Gasteiger partial charge in [0.1, 0.15) is 0 Å². The molecule has 0 aliphatic heterocycles. The number of sulfonamides is 1. The Hall–Kier alpha value is -0.430. The third-order valence-electron chi connectivity index (χ3n) is 2.67. The average Bonchev–Trinajstić information content (AvgIpc) is 2.75. The van der Waals surface area contributed by atoms with Gasteiger partial charge < -0.3 is 5.32 Å². The van der Waals surface area contributed by atoms with Crippen molar-refractivity contribution >= 4 is 21.4 Å². The molecule has 0 aliphatic rings. The summed E-state index contributed by atoms with van der Waals surface area (Å²) in [5.74, 6) is 0. The van der Waals surface area contributed by atoms with Crippen molar-refractivity contribution in [1.29, 1.82) is 0 Å². The van der Waals surface area contributed by atoms with E-state index in [9.17, 15) is 8.42 Å². The molecule has 0 unspecified atom stereocenters.